The molecule has 0 aliphatic rings. The zero-order valence-corrected chi connectivity index (χ0v) is 10.4. The number of hydrogen-bond acceptors (Lipinski definition) is 3. The van der Waals surface area contributed by atoms with Crippen LogP contribution in [0.4, 0.5) is 24.5 Å². The highest BCUT2D eigenvalue weighted by Crippen LogP contribution is 2.36. The fourth-order valence-electron chi connectivity index (χ4n) is 1.69. The van der Waals surface area contributed by atoms with Gasteiger partial charge < -0.3 is 15.5 Å². The molecule has 0 spiro atoms. The molecule has 1 amide bonds. The Morgan fingerprint density at radius 1 is 1.30 bits per heavy atom. The predicted molar refractivity (Wildman–Crippen MR) is 67.3 cm³/mol. The van der Waals surface area contributed by atoms with Crippen LogP contribution in [0.5, 0.6) is 0 Å². The van der Waals surface area contributed by atoms with Gasteiger partial charge in [0.05, 0.1) is 17.5 Å². The van der Waals surface area contributed by atoms with Crippen LogP contribution in [-0.2, 0) is 6.18 Å². The molecule has 0 bridgehead atoms. The summed E-state index contributed by atoms with van der Waals surface area (Å²) in [5, 5.41) is 2.18. The third kappa shape index (κ3) is 2.76. The van der Waals surface area contributed by atoms with Crippen molar-refractivity contribution in [2.24, 2.45) is 0 Å². The lowest BCUT2D eigenvalue weighted by molar-refractivity contribution is -0.136. The summed E-state index contributed by atoms with van der Waals surface area (Å²) in [6, 6.07) is 4.70. The predicted octanol–water partition coefficient (Wildman–Crippen LogP) is 3.44. The molecule has 3 N–H and O–H groups in total. The fraction of sp³-hybridized carbons (Fsp3) is 0.154. The van der Waals surface area contributed by atoms with Crippen LogP contribution < -0.4 is 11.1 Å². The van der Waals surface area contributed by atoms with Gasteiger partial charge in [-0.15, -0.1) is 0 Å². The van der Waals surface area contributed by atoms with E-state index in [9.17, 15) is 18.0 Å². The number of anilines is 2. The van der Waals surface area contributed by atoms with Gasteiger partial charge >= 0.3 is 6.18 Å². The van der Waals surface area contributed by atoms with Crippen molar-refractivity contribution in [2.75, 3.05) is 11.1 Å². The van der Waals surface area contributed by atoms with Gasteiger partial charge in [0.1, 0.15) is 0 Å². The van der Waals surface area contributed by atoms with Gasteiger partial charge in [0.2, 0.25) is 0 Å². The van der Waals surface area contributed by atoms with Crippen molar-refractivity contribution >= 4 is 17.3 Å². The molecule has 20 heavy (non-hydrogen) atoms. The average molecular weight is 284 g/mol. The van der Waals surface area contributed by atoms with E-state index in [2.05, 4.69) is 5.32 Å². The van der Waals surface area contributed by atoms with Crippen molar-refractivity contribution in [3.63, 3.8) is 0 Å². The SMILES string of the molecule is Cc1ccoc1C(=O)Nc1ccc(N)cc1C(F)(F)F. The van der Waals surface area contributed by atoms with Crippen LogP contribution in [0.25, 0.3) is 0 Å². The number of benzene rings is 1. The molecule has 4 nitrogen and oxygen atoms in total. The number of furan rings is 1. The van der Waals surface area contributed by atoms with Gasteiger partial charge in [-0.05, 0) is 31.2 Å². The molecule has 1 aromatic heterocycles. The zero-order chi connectivity index (χ0) is 14.9. The van der Waals surface area contributed by atoms with Crippen molar-refractivity contribution in [1.29, 1.82) is 0 Å². The van der Waals surface area contributed by atoms with E-state index in [0.717, 1.165) is 12.1 Å². The Bertz CT molecular complexity index is 647. The second-order valence-electron chi connectivity index (χ2n) is 4.19. The second kappa shape index (κ2) is 4.92. The van der Waals surface area contributed by atoms with Crippen LogP contribution in [0.1, 0.15) is 21.7 Å². The van der Waals surface area contributed by atoms with Crippen LogP contribution in [0.2, 0.25) is 0 Å². The standard InChI is InChI=1S/C13H11F3N2O2/c1-7-4-5-20-11(7)12(19)18-10-3-2-8(17)6-9(10)13(14,15)16/h2-6H,17H2,1H3,(H,18,19). The molecule has 0 aliphatic carbocycles. The Kier molecular flexibility index (Phi) is 3.44. The fourth-order valence-corrected chi connectivity index (χ4v) is 1.69. The first kappa shape index (κ1) is 14.0. The van der Waals surface area contributed by atoms with Crippen LogP contribution in [0, 0.1) is 6.92 Å². The molecular formula is C13H11F3N2O2. The molecular weight excluding hydrogens is 273 g/mol. The minimum Gasteiger partial charge on any atom is -0.459 e. The third-order valence-corrected chi connectivity index (χ3v) is 2.67. The Morgan fingerprint density at radius 3 is 2.55 bits per heavy atom. The smallest absolute Gasteiger partial charge is 0.418 e. The van der Waals surface area contributed by atoms with E-state index in [1.165, 1.54) is 12.3 Å². The molecule has 0 radical (unpaired) electrons. The van der Waals surface area contributed by atoms with Gasteiger partial charge in [-0.25, -0.2) is 0 Å². The summed E-state index contributed by atoms with van der Waals surface area (Å²) in [7, 11) is 0. The number of nitrogen functional groups attached to an aromatic ring is 1. The minimum absolute atomic E-state index is 0.0325. The summed E-state index contributed by atoms with van der Waals surface area (Å²) in [4.78, 5) is 11.9. The normalized spacial score (nSPS) is 11.4. The highest BCUT2D eigenvalue weighted by atomic mass is 19.4. The molecule has 106 valence electrons. The number of carbonyl (C=O) groups excluding carboxylic acids is 1. The lowest BCUT2D eigenvalue weighted by Gasteiger charge is -2.14. The molecule has 1 aromatic carbocycles. The van der Waals surface area contributed by atoms with E-state index in [4.69, 9.17) is 10.2 Å². The van der Waals surface area contributed by atoms with Crippen molar-refractivity contribution < 1.29 is 22.4 Å². The van der Waals surface area contributed by atoms with Crippen LogP contribution >= 0.6 is 0 Å². The average Bonchev–Trinajstić information content (AvgIpc) is 2.76. The maximum Gasteiger partial charge on any atom is 0.418 e. The first-order chi connectivity index (χ1) is 9.29. The van der Waals surface area contributed by atoms with Gasteiger partial charge in [-0.2, -0.15) is 13.2 Å². The summed E-state index contributed by atoms with van der Waals surface area (Å²) >= 11 is 0. The number of alkyl halides is 3. The largest absolute Gasteiger partial charge is 0.459 e. The molecule has 0 unspecified atom stereocenters. The highest BCUT2D eigenvalue weighted by Gasteiger charge is 2.34. The topological polar surface area (TPSA) is 68.3 Å². The summed E-state index contributed by atoms with van der Waals surface area (Å²) in [5.41, 5.74) is 4.47. The number of nitrogens with one attached hydrogen (secondary N) is 1. The van der Waals surface area contributed by atoms with Gasteiger partial charge in [0.25, 0.3) is 5.91 Å². The molecule has 0 atom stereocenters. The highest BCUT2D eigenvalue weighted by molar-refractivity contribution is 6.03. The summed E-state index contributed by atoms with van der Waals surface area (Å²) in [6.07, 6.45) is -3.33. The molecule has 0 saturated carbocycles. The third-order valence-electron chi connectivity index (χ3n) is 2.67. The summed E-state index contributed by atoms with van der Waals surface area (Å²) in [6.45, 7) is 1.62. The number of amides is 1. The lowest BCUT2D eigenvalue weighted by Crippen LogP contribution is -2.17. The molecule has 0 fully saturated rings. The van der Waals surface area contributed by atoms with Gasteiger partial charge in [0.15, 0.2) is 5.76 Å². The molecule has 0 saturated heterocycles. The van der Waals surface area contributed by atoms with Crippen molar-refractivity contribution in [3.8, 4) is 0 Å². The Hall–Kier alpha value is -2.44. The lowest BCUT2D eigenvalue weighted by atomic mass is 10.1. The summed E-state index contributed by atoms with van der Waals surface area (Å²) < 4.78 is 43.5. The van der Waals surface area contributed by atoms with Crippen LogP contribution in [0.3, 0.4) is 0 Å². The quantitative estimate of drug-likeness (QED) is 0.830. The zero-order valence-electron chi connectivity index (χ0n) is 10.4. The first-order valence-corrected chi connectivity index (χ1v) is 5.61. The number of hydrogen-bond donors (Lipinski definition) is 2. The first-order valence-electron chi connectivity index (χ1n) is 5.61. The number of rotatable bonds is 2. The molecule has 2 rings (SSSR count). The maximum atomic E-state index is 12.9. The van der Waals surface area contributed by atoms with E-state index in [-0.39, 0.29) is 17.1 Å². The Labute approximate surface area is 112 Å². The Balaban J connectivity index is 2.35. The van der Waals surface area contributed by atoms with E-state index < -0.39 is 17.6 Å². The molecule has 7 heteroatoms. The van der Waals surface area contributed by atoms with Crippen molar-refractivity contribution in [2.45, 2.75) is 13.1 Å². The molecule has 1 heterocycles. The van der Waals surface area contributed by atoms with Gasteiger partial charge in [-0.1, -0.05) is 0 Å². The number of halogens is 3. The molecule has 0 aliphatic heterocycles. The monoisotopic (exact) mass is 284 g/mol. The van der Waals surface area contributed by atoms with Crippen molar-refractivity contribution in [1.82, 2.24) is 0 Å². The summed E-state index contributed by atoms with van der Waals surface area (Å²) in [5.74, 6) is -0.780. The van der Waals surface area contributed by atoms with E-state index in [1.54, 1.807) is 13.0 Å². The number of aryl methyl sites for hydroxylation is 1. The van der Waals surface area contributed by atoms with Crippen LogP contribution in [-0.4, -0.2) is 5.91 Å². The minimum atomic E-state index is -4.61. The van der Waals surface area contributed by atoms with Gasteiger partial charge in [0, 0.05) is 11.3 Å². The second-order valence-corrected chi connectivity index (χ2v) is 4.19. The van der Waals surface area contributed by atoms with Gasteiger partial charge in [-0.3, -0.25) is 4.79 Å². The van der Waals surface area contributed by atoms with E-state index in [0.29, 0.717) is 5.56 Å². The van der Waals surface area contributed by atoms with Crippen molar-refractivity contribution in [3.05, 3.63) is 47.4 Å². The Morgan fingerprint density at radius 2 is 2.00 bits per heavy atom. The van der Waals surface area contributed by atoms with E-state index in [1.807, 2.05) is 0 Å². The number of nitrogens with two attached hydrogens (primary N) is 1. The number of carbonyl (C=O) groups is 1. The molecule has 2 aromatic rings. The maximum absolute atomic E-state index is 12.9. The van der Waals surface area contributed by atoms with Crippen LogP contribution in [0.15, 0.2) is 34.9 Å². The van der Waals surface area contributed by atoms with E-state index >= 15 is 0 Å².